The van der Waals surface area contributed by atoms with Crippen molar-refractivity contribution in [3.8, 4) is 11.5 Å². The predicted molar refractivity (Wildman–Crippen MR) is 67.2 cm³/mol. The maximum atomic E-state index is 6.11. The fourth-order valence-electron chi connectivity index (χ4n) is 1.95. The molecule has 0 bridgehead atoms. The van der Waals surface area contributed by atoms with Crippen molar-refractivity contribution in [2.24, 2.45) is 0 Å². The summed E-state index contributed by atoms with van der Waals surface area (Å²) in [7, 11) is 3.25. The van der Waals surface area contributed by atoms with Crippen LogP contribution in [0.1, 0.15) is 18.9 Å². The van der Waals surface area contributed by atoms with Crippen LogP contribution in [0.4, 0.5) is 0 Å². The van der Waals surface area contributed by atoms with Crippen LogP contribution < -0.4 is 9.47 Å². The predicted octanol–water partition coefficient (Wildman–Crippen LogP) is 3.08. The first kappa shape index (κ1) is 12.5. The third-order valence-corrected chi connectivity index (χ3v) is 3.38. The Morgan fingerprint density at radius 2 is 1.88 bits per heavy atom. The molecule has 0 amide bonds. The molecule has 1 heterocycles. The number of epoxide rings is 1. The molecular formula is C13H17ClO3. The Balaban J connectivity index is 2.11. The molecule has 0 aromatic heterocycles. The molecule has 17 heavy (non-hydrogen) atoms. The van der Waals surface area contributed by atoms with Gasteiger partial charge < -0.3 is 14.2 Å². The van der Waals surface area contributed by atoms with Gasteiger partial charge in [-0.15, -0.1) is 0 Å². The molecule has 1 aromatic carbocycles. The zero-order valence-electron chi connectivity index (χ0n) is 10.3. The maximum absolute atomic E-state index is 6.11. The smallest absolute Gasteiger partial charge is 0.141 e. The Bertz CT molecular complexity index is 406. The molecule has 0 radical (unpaired) electrons. The van der Waals surface area contributed by atoms with Crippen LogP contribution in [0.3, 0.4) is 0 Å². The Labute approximate surface area is 107 Å². The van der Waals surface area contributed by atoms with Gasteiger partial charge in [0.1, 0.15) is 11.5 Å². The first-order valence-corrected chi connectivity index (χ1v) is 6.09. The van der Waals surface area contributed by atoms with Gasteiger partial charge in [0.15, 0.2) is 0 Å². The quantitative estimate of drug-likeness (QED) is 0.759. The Morgan fingerprint density at radius 3 is 2.41 bits per heavy atom. The van der Waals surface area contributed by atoms with E-state index >= 15 is 0 Å². The molecule has 2 rings (SSSR count). The average Bonchev–Trinajstić information content (AvgIpc) is 3.03. The number of halogens is 1. The van der Waals surface area contributed by atoms with Crippen molar-refractivity contribution in [3.05, 3.63) is 22.7 Å². The molecule has 0 aliphatic carbocycles. The van der Waals surface area contributed by atoms with E-state index in [1.54, 1.807) is 14.2 Å². The lowest BCUT2D eigenvalue weighted by Gasteiger charge is -2.11. The number of methoxy groups -OCH3 is 2. The Kier molecular flexibility index (Phi) is 3.79. The van der Waals surface area contributed by atoms with Gasteiger partial charge in [-0.3, -0.25) is 0 Å². The highest BCUT2D eigenvalue weighted by atomic mass is 35.5. The van der Waals surface area contributed by atoms with Crippen LogP contribution in [-0.4, -0.2) is 26.4 Å². The van der Waals surface area contributed by atoms with Gasteiger partial charge in [-0.25, -0.2) is 0 Å². The van der Waals surface area contributed by atoms with Gasteiger partial charge >= 0.3 is 0 Å². The van der Waals surface area contributed by atoms with Gasteiger partial charge in [0.2, 0.25) is 0 Å². The van der Waals surface area contributed by atoms with E-state index in [0.717, 1.165) is 24.2 Å². The van der Waals surface area contributed by atoms with Gasteiger partial charge in [-0.1, -0.05) is 11.6 Å². The minimum Gasteiger partial charge on any atom is -0.496 e. The molecule has 4 heteroatoms. The minimum absolute atomic E-state index is 0.389. The van der Waals surface area contributed by atoms with Crippen LogP contribution >= 0.6 is 11.6 Å². The zero-order chi connectivity index (χ0) is 12.4. The second-order valence-corrected chi connectivity index (χ2v) is 4.62. The van der Waals surface area contributed by atoms with Crippen LogP contribution in [0, 0.1) is 0 Å². The van der Waals surface area contributed by atoms with Gasteiger partial charge in [-0.05, 0) is 31.4 Å². The van der Waals surface area contributed by atoms with Crippen molar-refractivity contribution in [1.82, 2.24) is 0 Å². The molecule has 94 valence electrons. The Morgan fingerprint density at radius 1 is 1.24 bits per heavy atom. The second-order valence-electron chi connectivity index (χ2n) is 4.22. The molecule has 1 aliphatic rings. The normalized spacial score (nSPS) is 22.4. The fraction of sp³-hybridized carbons (Fsp3) is 0.538. The largest absolute Gasteiger partial charge is 0.496 e. The third kappa shape index (κ3) is 2.85. The SMILES string of the molecule is COc1cc(OC)c(CCC2OC2C)cc1Cl. The number of hydrogen-bond acceptors (Lipinski definition) is 3. The van der Waals surface area contributed by atoms with Crippen LogP contribution in [0.15, 0.2) is 12.1 Å². The molecule has 1 saturated heterocycles. The van der Waals surface area contributed by atoms with E-state index in [9.17, 15) is 0 Å². The summed E-state index contributed by atoms with van der Waals surface area (Å²) in [5.41, 5.74) is 1.10. The molecule has 0 N–H and O–H groups in total. The molecule has 0 spiro atoms. The van der Waals surface area contributed by atoms with Crippen LogP contribution in [-0.2, 0) is 11.2 Å². The summed E-state index contributed by atoms with van der Waals surface area (Å²) in [6.45, 7) is 2.09. The second kappa shape index (κ2) is 5.15. The number of ether oxygens (including phenoxy) is 3. The lowest BCUT2D eigenvalue weighted by atomic mass is 10.1. The number of rotatable bonds is 5. The van der Waals surface area contributed by atoms with E-state index in [1.807, 2.05) is 12.1 Å². The lowest BCUT2D eigenvalue weighted by Crippen LogP contribution is -1.98. The molecule has 1 aliphatic heterocycles. The summed E-state index contributed by atoms with van der Waals surface area (Å²) < 4.78 is 15.9. The highest BCUT2D eigenvalue weighted by Crippen LogP contribution is 2.34. The van der Waals surface area contributed by atoms with Crippen molar-refractivity contribution in [1.29, 1.82) is 0 Å². The molecule has 3 nitrogen and oxygen atoms in total. The molecular weight excluding hydrogens is 240 g/mol. The van der Waals surface area contributed by atoms with Crippen molar-refractivity contribution in [2.45, 2.75) is 32.0 Å². The highest BCUT2D eigenvalue weighted by molar-refractivity contribution is 6.32. The van der Waals surface area contributed by atoms with Crippen molar-refractivity contribution in [3.63, 3.8) is 0 Å². The van der Waals surface area contributed by atoms with Gasteiger partial charge in [0.25, 0.3) is 0 Å². The van der Waals surface area contributed by atoms with Crippen molar-refractivity contribution >= 4 is 11.6 Å². The number of benzene rings is 1. The summed E-state index contributed by atoms with van der Waals surface area (Å²) >= 11 is 6.11. The molecule has 2 atom stereocenters. The first-order valence-electron chi connectivity index (χ1n) is 5.71. The average molecular weight is 257 g/mol. The summed E-state index contributed by atoms with van der Waals surface area (Å²) in [6, 6.07) is 3.74. The van der Waals surface area contributed by atoms with Crippen LogP contribution in [0.5, 0.6) is 11.5 Å². The maximum Gasteiger partial charge on any atom is 0.141 e. The van der Waals surface area contributed by atoms with Crippen LogP contribution in [0.2, 0.25) is 5.02 Å². The van der Waals surface area contributed by atoms with Gasteiger partial charge in [0.05, 0.1) is 31.5 Å². The highest BCUT2D eigenvalue weighted by Gasteiger charge is 2.33. The van der Waals surface area contributed by atoms with Crippen LogP contribution in [0.25, 0.3) is 0 Å². The topological polar surface area (TPSA) is 31.0 Å². The summed E-state index contributed by atoms with van der Waals surface area (Å²) in [5.74, 6) is 1.46. The number of hydrogen-bond donors (Lipinski definition) is 0. The standard InChI is InChI=1S/C13H17ClO3/c1-8-11(17-8)5-4-9-6-10(14)13(16-3)7-12(9)15-2/h6-8,11H,4-5H2,1-3H3. The van der Waals surface area contributed by atoms with E-state index in [0.29, 0.717) is 23.0 Å². The van der Waals surface area contributed by atoms with E-state index in [-0.39, 0.29) is 0 Å². The molecule has 2 unspecified atom stereocenters. The van der Waals surface area contributed by atoms with E-state index in [2.05, 4.69) is 6.92 Å². The fourth-order valence-corrected chi connectivity index (χ4v) is 2.21. The Hall–Kier alpha value is -0.930. The zero-order valence-corrected chi connectivity index (χ0v) is 11.1. The number of aryl methyl sites for hydroxylation is 1. The third-order valence-electron chi connectivity index (χ3n) is 3.09. The first-order chi connectivity index (χ1) is 8.15. The summed E-state index contributed by atoms with van der Waals surface area (Å²) in [6.07, 6.45) is 2.69. The van der Waals surface area contributed by atoms with Crippen molar-refractivity contribution in [2.75, 3.05) is 14.2 Å². The van der Waals surface area contributed by atoms with E-state index in [4.69, 9.17) is 25.8 Å². The monoisotopic (exact) mass is 256 g/mol. The van der Waals surface area contributed by atoms with E-state index in [1.165, 1.54) is 0 Å². The molecule has 0 saturated carbocycles. The van der Waals surface area contributed by atoms with E-state index < -0.39 is 0 Å². The van der Waals surface area contributed by atoms with Crippen molar-refractivity contribution < 1.29 is 14.2 Å². The van der Waals surface area contributed by atoms with Gasteiger partial charge in [-0.2, -0.15) is 0 Å². The summed E-state index contributed by atoms with van der Waals surface area (Å²) in [4.78, 5) is 0. The lowest BCUT2D eigenvalue weighted by molar-refractivity contribution is 0.367. The molecule has 1 aromatic rings. The van der Waals surface area contributed by atoms with Gasteiger partial charge in [0, 0.05) is 6.07 Å². The minimum atomic E-state index is 0.389. The summed E-state index contributed by atoms with van der Waals surface area (Å²) in [5, 5.41) is 0.619. The molecule has 1 fully saturated rings.